The fraction of sp³-hybridized carbons (Fsp3) is 0.353. The first kappa shape index (κ1) is 20.5. The molecule has 0 unspecified atom stereocenters. The molecule has 1 aliphatic heterocycles. The van der Waals surface area contributed by atoms with Crippen molar-refractivity contribution >= 4 is 35.6 Å². The summed E-state index contributed by atoms with van der Waals surface area (Å²) in [5.41, 5.74) is 7.71. The quantitative estimate of drug-likeness (QED) is 0.543. The van der Waals surface area contributed by atoms with E-state index in [1.807, 2.05) is 0 Å². The topological polar surface area (TPSA) is 81.3 Å². The fourth-order valence-electron chi connectivity index (χ4n) is 2.93. The van der Waals surface area contributed by atoms with Gasteiger partial charge >= 0.3 is 6.18 Å². The van der Waals surface area contributed by atoms with Crippen LogP contribution in [0.5, 0.6) is 5.75 Å². The Morgan fingerprint density at radius 1 is 1.25 bits per heavy atom. The number of hydrogen-bond donors (Lipinski definition) is 1. The molecule has 2 N–H and O–H groups in total. The highest BCUT2D eigenvalue weighted by Crippen LogP contribution is 2.42. The lowest BCUT2D eigenvalue weighted by atomic mass is 10.0. The Balaban J connectivity index is 1.98. The number of nitrogens with two attached hydrogens (primary N) is 1. The minimum Gasteiger partial charge on any atom is -0.493 e. The molecular formula is C17H15Cl2F3N4O2. The summed E-state index contributed by atoms with van der Waals surface area (Å²) in [4.78, 5) is 21.0. The van der Waals surface area contributed by atoms with Crippen LogP contribution in [0.25, 0.3) is 11.3 Å². The van der Waals surface area contributed by atoms with Gasteiger partial charge in [-0.3, -0.25) is 4.79 Å². The number of aromatic nitrogens is 2. The van der Waals surface area contributed by atoms with Crippen LogP contribution in [0.15, 0.2) is 12.1 Å². The standard InChI is InChI=1S/C17H15Cl2F3N4O2/c18-9-4-11(19)14(13(5-9)28-3-1-2-17(20,21)22)15-10-6-26(8-27)7-12(10)24-16(23)25-15/h4-5,8H,1-3,6-7H2,(H2,23,24,25). The maximum atomic E-state index is 12.4. The molecule has 1 aliphatic rings. The highest BCUT2D eigenvalue weighted by molar-refractivity contribution is 6.37. The van der Waals surface area contributed by atoms with Gasteiger partial charge < -0.3 is 15.4 Å². The molecule has 0 bridgehead atoms. The lowest BCUT2D eigenvalue weighted by Crippen LogP contribution is -2.13. The van der Waals surface area contributed by atoms with Crippen LogP contribution in [0.2, 0.25) is 10.0 Å². The van der Waals surface area contributed by atoms with Crippen LogP contribution < -0.4 is 10.5 Å². The molecule has 11 heteroatoms. The third kappa shape index (κ3) is 4.59. The number of hydrogen-bond acceptors (Lipinski definition) is 5. The van der Waals surface area contributed by atoms with Gasteiger partial charge in [-0.15, -0.1) is 0 Å². The number of alkyl halides is 3. The number of anilines is 1. The molecule has 2 heterocycles. The smallest absolute Gasteiger partial charge is 0.389 e. The highest BCUT2D eigenvalue weighted by Gasteiger charge is 2.28. The number of nitrogens with zero attached hydrogens (tertiary/aromatic N) is 3. The number of amides is 1. The molecule has 0 spiro atoms. The van der Waals surface area contributed by atoms with Gasteiger partial charge in [-0.25, -0.2) is 9.97 Å². The molecule has 2 aromatic rings. The highest BCUT2D eigenvalue weighted by atomic mass is 35.5. The summed E-state index contributed by atoms with van der Waals surface area (Å²) >= 11 is 12.4. The predicted octanol–water partition coefficient (Wildman–Crippen LogP) is 4.23. The van der Waals surface area contributed by atoms with Crippen molar-refractivity contribution in [2.24, 2.45) is 0 Å². The number of rotatable bonds is 6. The van der Waals surface area contributed by atoms with Crippen molar-refractivity contribution in [2.75, 3.05) is 12.3 Å². The Hall–Kier alpha value is -2.26. The summed E-state index contributed by atoms with van der Waals surface area (Å²) in [5.74, 6) is 0.167. The van der Waals surface area contributed by atoms with E-state index in [9.17, 15) is 18.0 Å². The molecule has 0 radical (unpaired) electrons. The molecule has 0 fully saturated rings. The largest absolute Gasteiger partial charge is 0.493 e. The third-order valence-corrected chi connectivity index (χ3v) is 4.61. The van der Waals surface area contributed by atoms with Crippen LogP contribution in [0.4, 0.5) is 19.1 Å². The summed E-state index contributed by atoms with van der Waals surface area (Å²) in [7, 11) is 0. The van der Waals surface area contributed by atoms with Crippen LogP contribution in [0, 0.1) is 0 Å². The van der Waals surface area contributed by atoms with Crippen LogP contribution >= 0.6 is 23.2 Å². The molecule has 0 saturated carbocycles. The molecule has 6 nitrogen and oxygen atoms in total. The minimum atomic E-state index is -4.27. The summed E-state index contributed by atoms with van der Waals surface area (Å²) in [5, 5.41) is 0.455. The van der Waals surface area contributed by atoms with E-state index in [0.717, 1.165) is 0 Å². The Morgan fingerprint density at radius 2 is 2.00 bits per heavy atom. The fourth-order valence-corrected chi connectivity index (χ4v) is 3.49. The van der Waals surface area contributed by atoms with Crippen molar-refractivity contribution in [1.29, 1.82) is 0 Å². The lowest BCUT2D eigenvalue weighted by Gasteiger charge is -2.16. The van der Waals surface area contributed by atoms with Crippen LogP contribution in [0.3, 0.4) is 0 Å². The second kappa shape index (κ2) is 8.00. The van der Waals surface area contributed by atoms with E-state index >= 15 is 0 Å². The molecule has 1 amide bonds. The van der Waals surface area contributed by atoms with Gasteiger partial charge in [0.25, 0.3) is 0 Å². The number of carbonyl (C=O) groups excluding carboxylic acids is 1. The van der Waals surface area contributed by atoms with Crippen molar-refractivity contribution < 1.29 is 22.7 Å². The summed E-state index contributed by atoms with van der Waals surface area (Å²) in [6, 6.07) is 2.92. The normalized spacial score (nSPS) is 13.5. The van der Waals surface area contributed by atoms with Gasteiger partial charge in [0.15, 0.2) is 0 Å². The van der Waals surface area contributed by atoms with E-state index in [0.29, 0.717) is 28.9 Å². The van der Waals surface area contributed by atoms with Gasteiger partial charge in [-0.2, -0.15) is 13.2 Å². The third-order valence-electron chi connectivity index (χ3n) is 4.09. The Morgan fingerprint density at radius 3 is 2.68 bits per heavy atom. The van der Waals surface area contributed by atoms with Crippen molar-refractivity contribution in [2.45, 2.75) is 32.1 Å². The molecule has 3 rings (SSSR count). The molecule has 28 heavy (non-hydrogen) atoms. The number of nitrogen functional groups attached to an aromatic ring is 1. The lowest BCUT2D eigenvalue weighted by molar-refractivity contribution is -0.136. The van der Waals surface area contributed by atoms with Gasteiger partial charge in [-0.1, -0.05) is 23.2 Å². The average Bonchev–Trinajstić information content (AvgIpc) is 3.00. The second-order valence-corrected chi connectivity index (χ2v) is 7.04. The molecule has 1 aromatic carbocycles. The summed E-state index contributed by atoms with van der Waals surface area (Å²) in [6.07, 6.45) is -4.78. The van der Waals surface area contributed by atoms with E-state index < -0.39 is 12.6 Å². The number of fused-ring (bicyclic) bond motifs is 1. The first-order valence-electron chi connectivity index (χ1n) is 8.21. The predicted molar refractivity (Wildman–Crippen MR) is 98.0 cm³/mol. The monoisotopic (exact) mass is 434 g/mol. The van der Waals surface area contributed by atoms with Crippen molar-refractivity contribution in [3.05, 3.63) is 33.4 Å². The zero-order chi connectivity index (χ0) is 20.5. The van der Waals surface area contributed by atoms with Gasteiger partial charge in [0.05, 0.1) is 35.1 Å². The Kier molecular flexibility index (Phi) is 5.85. The SMILES string of the molecule is Nc1nc2c(c(-c3c(Cl)cc(Cl)cc3OCCCC(F)(F)F)n1)CN(C=O)C2. The summed E-state index contributed by atoms with van der Waals surface area (Å²) < 4.78 is 42.6. The number of ether oxygens (including phenoxy) is 1. The van der Waals surface area contributed by atoms with Gasteiger partial charge in [0.2, 0.25) is 12.4 Å². The molecule has 0 atom stereocenters. The molecule has 0 saturated heterocycles. The van der Waals surface area contributed by atoms with Gasteiger partial charge in [0.1, 0.15) is 5.75 Å². The van der Waals surface area contributed by atoms with Crippen LogP contribution in [-0.2, 0) is 17.9 Å². The second-order valence-electron chi connectivity index (χ2n) is 6.19. The van der Waals surface area contributed by atoms with Gasteiger partial charge in [-0.05, 0) is 18.6 Å². The first-order chi connectivity index (χ1) is 13.2. The molecule has 1 aromatic heterocycles. The molecular weight excluding hydrogens is 420 g/mol. The number of carbonyl (C=O) groups is 1. The zero-order valence-electron chi connectivity index (χ0n) is 14.4. The van der Waals surface area contributed by atoms with Crippen molar-refractivity contribution in [3.8, 4) is 17.0 Å². The van der Waals surface area contributed by atoms with E-state index in [1.165, 1.54) is 17.0 Å². The molecule has 150 valence electrons. The van der Waals surface area contributed by atoms with E-state index in [2.05, 4.69) is 9.97 Å². The minimum absolute atomic E-state index is 0.0180. The van der Waals surface area contributed by atoms with E-state index in [4.69, 9.17) is 33.7 Å². The van der Waals surface area contributed by atoms with Gasteiger partial charge in [0, 0.05) is 23.6 Å². The summed E-state index contributed by atoms with van der Waals surface area (Å²) in [6.45, 7) is 0.332. The number of benzene rings is 1. The number of halogens is 5. The Labute approximate surface area is 168 Å². The molecule has 0 aliphatic carbocycles. The maximum absolute atomic E-state index is 12.4. The van der Waals surface area contributed by atoms with Crippen LogP contribution in [0.1, 0.15) is 24.1 Å². The van der Waals surface area contributed by atoms with Crippen molar-refractivity contribution in [3.63, 3.8) is 0 Å². The Bertz CT molecular complexity index is 909. The average molecular weight is 435 g/mol. The van der Waals surface area contributed by atoms with E-state index in [-0.39, 0.29) is 47.9 Å². The van der Waals surface area contributed by atoms with Crippen LogP contribution in [-0.4, -0.2) is 34.1 Å². The maximum Gasteiger partial charge on any atom is 0.389 e. The van der Waals surface area contributed by atoms with Crippen molar-refractivity contribution in [1.82, 2.24) is 14.9 Å². The zero-order valence-corrected chi connectivity index (χ0v) is 15.9. The van der Waals surface area contributed by atoms with E-state index in [1.54, 1.807) is 0 Å². The first-order valence-corrected chi connectivity index (χ1v) is 8.97.